The number of fused-ring (bicyclic) bond motifs is 1. The van der Waals surface area contributed by atoms with Crippen molar-refractivity contribution in [3.8, 4) is 0 Å². The van der Waals surface area contributed by atoms with E-state index in [1.165, 1.54) is 10.9 Å². The molecule has 146 valence electrons. The maximum atomic E-state index is 12.3. The van der Waals surface area contributed by atoms with Gasteiger partial charge in [0.25, 0.3) is 0 Å². The first-order valence-electron chi connectivity index (χ1n) is 10.1. The van der Waals surface area contributed by atoms with Crippen LogP contribution in [0.1, 0.15) is 51.5 Å². The minimum Gasteiger partial charge on any atom is -0.464 e. The lowest BCUT2D eigenvalue weighted by Gasteiger charge is -2.36. The molecular weight excluding hydrogens is 340 g/mol. The summed E-state index contributed by atoms with van der Waals surface area (Å²) < 4.78 is 11.3. The summed E-state index contributed by atoms with van der Waals surface area (Å²) in [6.07, 6.45) is 4.93. The largest absolute Gasteiger partial charge is 0.464 e. The molecule has 1 amide bonds. The fourth-order valence-electron chi connectivity index (χ4n) is 4.45. The summed E-state index contributed by atoms with van der Waals surface area (Å²) >= 11 is 0. The van der Waals surface area contributed by atoms with Crippen molar-refractivity contribution in [1.82, 2.24) is 9.80 Å². The molecule has 0 N–H and O–H groups in total. The van der Waals surface area contributed by atoms with Crippen molar-refractivity contribution < 1.29 is 13.9 Å². The molecule has 0 aliphatic carbocycles. The van der Waals surface area contributed by atoms with Crippen LogP contribution >= 0.6 is 0 Å². The number of hydrogen-bond acceptors (Lipinski definition) is 4. The van der Waals surface area contributed by atoms with Crippen molar-refractivity contribution in [3.05, 3.63) is 36.1 Å². The van der Waals surface area contributed by atoms with Crippen LogP contribution in [0.2, 0.25) is 0 Å². The molecule has 0 radical (unpaired) electrons. The fraction of sp³-hybridized carbons (Fsp3) is 0.591. The second-order valence-electron chi connectivity index (χ2n) is 8.87. The number of hydrogen-bond donors (Lipinski definition) is 0. The van der Waals surface area contributed by atoms with Crippen LogP contribution in [0.4, 0.5) is 4.79 Å². The maximum Gasteiger partial charge on any atom is 0.410 e. The molecule has 1 aromatic carbocycles. The van der Waals surface area contributed by atoms with Crippen molar-refractivity contribution in [2.75, 3.05) is 26.2 Å². The van der Waals surface area contributed by atoms with Gasteiger partial charge in [0.15, 0.2) is 0 Å². The van der Waals surface area contributed by atoms with Crippen molar-refractivity contribution >= 4 is 17.1 Å². The Morgan fingerprint density at radius 3 is 2.63 bits per heavy atom. The molecule has 1 aromatic heterocycles. The summed E-state index contributed by atoms with van der Waals surface area (Å²) in [4.78, 5) is 16.7. The molecule has 2 aromatic rings. The Hall–Kier alpha value is -2.01. The molecule has 0 spiro atoms. The summed E-state index contributed by atoms with van der Waals surface area (Å²) in [6.45, 7) is 9.50. The van der Waals surface area contributed by atoms with E-state index in [4.69, 9.17) is 9.15 Å². The van der Waals surface area contributed by atoms with Crippen molar-refractivity contribution in [2.24, 2.45) is 0 Å². The van der Waals surface area contributed by atoms with Crippen LogP contribution in [0, 0.1) is 0 Å². The van der Waals surface area contributed by atoms with Gasteiger partial charge < -0.3 is 14.1 Å². The van der Waals surface area contributed by atoms with Gasteiger partial charge in [0.2, 0.25) is 0 Å². The molecule has 0 saturated carbocycles. The number of ether oxygens (including phenoxy) is 1. The number of benzene rings is 1. The lowest BCUT2D eigenvalue weighted by Crippen LogP contribution is -2.43. The number of carbonyl (C=O) groups is 1. The highest BCUT2D eigenvalue weighted by atomic mass is 16.6. The van der Waals surface area contributed by atoms with Gasteiger partial charge >= 0.3 is 6.09 Å². The van der Waals surface area contributed by atoms with Gasteiger partial charge in [-0.05, 0) is 70.7 Å². The fourth-order valence-corrected chi connectivity index (χ4v) is 4.45. The maximum absolute atomic E-state index is 12.3. The van der Waals surface area contributed by atoms with Crippen LogP contribution in [0.5, 0.6) is 0 Å². The van der Waals surface area contributed by atoms with Crippen LogP contribution in [0.25, 0.3) is 11.0 Å². The van der Waals surface area contributed by atoms with Gasteiger partial charge in [0.05, 0.1) is 6.26 Å². The Labute approximate surface area is 161 Å². The highest BCUT2D eigenvalue weighted by molar-refractivity contribution is 5.80. The highest BCUT2D eigenvalue weighted by Gasteiger charge is 2.34. The molecule has 3 heterocycles. The van der Waals surface area contributed by atoms with E-state index in [1.54, 1.807) is 6.26 Å². The Kier molecular flexibility index (Phi) is 4.89. The molecule has 2 aliphatic heterocycles. The Balaban J connectivity index is 1.34. The van der Waals surface area contributed by atoms with Crippen LogP contribution in [-0.2, 0) is 4.74 Å². The molecule has 5 heteroatoms. The van der Waals surface area contributed by atoms with Gasteiger partial charge in [-0.15, -0.1) is 0 Å². The SMILES string of the molecule is CC(C)(C)OC(=O)N1CCC(N2CCC(c3cccc4ccoc34)CC2)C1. The molecule has 5 nitrogen and oxygen atoms in total. The standard InChI is InChI=1S/C22H30N2O3/c1-22(2,3)27-21(25)24-13-9-18(15-24)23-11-7-16(8-12-23)19-6-4-5-17-10-14-26-20(17)19/h4-6,10,14,16,18H,7-9,11-13,15H2,1-3H3. The molecule has 4 rings (SSSR count). The van der Waals surface area contributed by atoms with Crippen LogP contribution in [-0.4, -0.2) is 53.7 Å². The normalized spacial score (nSPS) is 22.5. The predicted octanol–water partition coefficient (Wildman–Crippen LogP) is 4.62. The van der Waals surface area contributed by atoms with E-state index in [9.17, 15) is 4.79 Å². The topological polar surface area (TPSA) is 45.9 Å². The molecule has 2 fully saturated rings. The zero-order valence-electron chi connectivity index (χ0n) is 16.6. The summed E-state index contributed by atoms with van der Waals surface area (Å²) in [6, 6.07) is 8.96. The van der Waals surface area contributed by atoms with E-state index in [1.807, 2.05) is 31.7 Å². The minimum absolute atomic E-state index is 0.176. The third kappa shape index (κ3) is 3.98. The molecule has 1 unspecified atom stereocenters. The number of nitrogens with zero attached hydrogens (tertiary/aromatic N) is 2. The van der Waals surface area contributed by atoms with Gasteiger partial charge in [0.1, 0.15) is 11.2 Å². The number of piperidine rings is 1. The van der Waals surface area contributed by atoms with Gasteiger partial charge in [-0.2, -0.15) is 0 Å². The first kappa shape index (κ1) is 18.4. The number of furan rings is 1. The summed E-state index contributed by atoms with van der Waals surface area (Å²) in [5.41, 5.74) is 1.97. The van der Waals surface area contributed by atoms with Crippen LogP contribution in [0.15, 0.2) is 34.9 Å². The Morgan fingerprint density at radius 2 is 1.89 bits per heavy atom. The number of amides is 1. The molecular formula is C22H30N2O3. The van der Waals surface area contributed by atoms with E-state index in [2.05, 4.69) is 23.1 Å². The van der Waals surface area contributed by atoms with Gasteiger partial charge in [-0.25, -0.2) is 4.79 Å². The van der Waals surface area contributed by atoms with Gasteiger partial charge in [-0.3, -0.25) is 4.90 Å². The molecule has 27 heavy (non-hydrogen) atoms. The van der Waals surface area contributed by atoms with E-state index in [0.29, 0.717) is 12.0 Å². The zero-order valence-corrected chi connectivity index (χ0v) is 16.6. The first-order valence-corrected chi connectivity index (χ1v) is 10.1. The lowest BCUT2D eigenvalue weighted by molar-refractivity contribution is 0.0276. The Morgan fingerprint density at radius 1 is 1.11 bits per heavy atom. The summed E-state index contributed by atoms with van der Waals surface area (Å²) in [7, 11) is 0. The Bertz CT molecular complexity index is 799. The van der Waals surface area contributed by atoms with Crippen molar-refractivity contribution in [3.63, 3.8) is 0 Å². The van der Waals surface area contributed by atoms with Crippen molar-refractivity contribution in [1.29, 1.82) is 0 Å². The lowest BCUT2D eigenvalue weighted by atomic mass is 9.88. The molecule has 2 saturated heterocycles. The summed E-state index contributed by atoms with van der Waals surface area (Å²) in [5.74, 6) is 0.555. The van der Waals surface area contributed by atoms with Gasteiger partial charge in [-0.1, -0.05) is 18.2 Å². The monoisotopic (exact) mass is 370 g/mol. The van der Waals surface area contributed by atoms with E-state index >= 15 is 0 Å². The molecule has 2 aliphatic rings. The second kappa shape index (κ2) is 7.19. The quantitative estimate of drug-likeness (QED) is 0.774. The predicted molar refractivity (Wildman–Crippen MR) is 106 cm³/mol. The van der Waals surface area contributed by atoms with E-state index < -0.39 is 5.60 Å². The van der Waals surface area contributed by atoms with Crippen LogP contribution in [0.3, 0.4) is 0 Å². The average molecular weight is 370 g/mol. The highest BCUT2D eigenvalue weighted by Crippen LogP contribution is 2.34. The molecule has 0 bridgehead atoms. The first-order chi connectivity index (χ1) is 12.9. The van der Waals surface area contributed by atoms with Crippen LogP contribution < -0.4 is 0 Å². The minimum atomic E-state index is -0.430. The average Bonchev–Trinajstić information content (AvgIpc) is 3.29. The van der Waals surface area contributed by atoms with E-state index in [-0.39, 0.29) is 6.09 Å². The van der Waals surface area contributed by atoms with Gasteiger partial charge in [0, 0.05) is 24.5 Å². The third-order valence-electron chi connectivity index (χ3n) is 5.81. The number of carbonyl (C=O) groups excluding carboxylic acids is 1. The number of rotatable bonds is 2. The number of likely N-dealkylation sites (tertiary alicyclic amines) is 2. The molecule has 1 atom stereocenters. The zero-order chi connectivity index (χ0) is 19.0. The van der Waals surface area contributed by atoms with E-state index in [0.717, 1.165) is 51.0 Å². The smallest absolute Gasteiger partial charge is 0.410 e. The van der Waals surface area contributed by atoms with Crippen molar-refractivity contribution in [2.45, 2.75) is 57.6 Å². The number of para-hydroxylation sites is 1. The third-order valence-corrected chi connectivity index (χ3v) is 5.81. The summed E-state index contributed by atoms with van der Waals surface area (Å²) in [5, 5.41) is 1.19. The second-order valence-corrected chi connectivity index (χ2v) is 8.87.